The van der Waals surface area contributed by atoms with Crippen LogP contribution in [-0.2, 0) is 9.59 Å². The Balaban J connectivity index is 2.40. The highest BCUT2D eigenvalue weighted by atomic mass is 16.2. The Kier molecular flexibility index (Phi) is 5.38. The maximum atomic E-state index is 11.4. The largest absolute Gasteiger partial charge is 0.372 e. The highest BCUT2D eigenvalue weighted by Gasteiger charge is 2.12. The predicted octanol–water partition coefficient (Wildman–Crippen LogP) is -0.830. The zero-order valence-corrected chi connectivity index (χ0v) is 11.0. The smallest absolute Gasteiger partial charge is 0.250 e. The molecular formula is C12H20N4O2. The summed E-state index contributed by atoms with van der Waals surface area (Å²) in [6.45, 7) is 2.81. The lowest BCUT2D eigenvalue weighted by Gasteiger charge is -2.22. The third kappa shape index (κ3) is 4.21. The van der Waals surface area contributed by atoms with Crippen LogP contribution >= 0.6 is 0 Å². The molecule has 0 saturated heterocycles. The first-order valence-corrected chi connectivity index (χ1v) is 5.86. The number of carbonyl (C=O) groups is 2. The monoisotopic (exact) mass is 252 g/mol. The fourth-order valence-electron chi connectivity index (χ4n) is 1.48. The summed E-state index contributed by atoms with van der Waals surface area (Å²) in [4.78, 5) is 24.1. The Bertz CT molecular complexity index is 376. The van der Waals surface area contributed by atoms with Gasteiger partial charge in [-0.15, -0.1) is 0 Å². The van der Waals surface area contributed by atoms with Crippen LogP contribution in [0.15, 0.2) is 23.9 Å². The van der Waals surface area contributed by atoms with Crippen molar-refractivity contribution in [2.24, 2.45) is 0 Å². The van der Waals surface area contributed by atoms with Gasteiger partial charge in [-0.1, -0.05) is 0 Å². The molecule has 0 radical (unpaired) electrons. The van der Waals surface area contributed by atoms with E-state index in [1.807, 2.05) is 6.08 Å². The first kappa shape index (κ1) is 14.2. The van der Waals surface area contributed by atoms with Crippen molar-refractivity contribution in [3.05, 3.63) is 23.9 Å². The van der Waals surface area contributed by atoms with E-state index >= 15 is 0 Å². The van der Waals surface area contributed by atoms with Crippen molar-refractivity contribution in [1.82, 2.24) is 20.9 Å². The number of likely N-dealkylation sites (N-methyl/N-ethyl adjacent to an activating group) is 2. The number of rotatable bonds is 5. The standard InChI is InChI=1S/C12H20N4O2/c1-9(17)16(3)7-6-15-11-8-10(4-5-14-11)12(18)13-2/h4-5,8,11,14-15H,6-7H2,1-3H3,(H,13,18). The van der Waals surface area contributed by atoms with Gasteiger partial charge in [0.1, 0.15) is 0 Å². The fraction of sp³-hybridized carbons (Fsp3) is 0.500. The highest BCUT2D eigenvalue weighted by molar-refractivity contribution is 5.96. The average Bonchev–Trinajstić information content (AvgIpc) is 2.37. The van der Waals surface area contributed by atoms with Crippen LogP contribution in [0.2, 0.25) is 0 Å². The minimum atomic E-state index is -0.111. The fourth-order valence-corrected chi connectivity index (χ4v) is 1.48. The van der Waals surface area contributed by atoms with Crippen LogP contribution in [-0.4, -0.2) is 50.1 Å². The maximum absolute atomic E-state index is 11.4. The Hall–Kier alpha value is -1.82. The van der Waals surface area contributed by atoms with Gasteiger partial charge in [-0.3, -0.25) is 14.9 Å². The molecule has 0 aromatic carbocycles. The molecule has 18 heavy (non-hydrogen) atoms. The highest BCUT2D eigenvalue weighted by Crippen LogP contribution is 2.03. The van der Waals surface area contributed by atoms with E-state index in [0.717, 1.165) is 0 Å². The molecule has 0 aliphatic carbocycles. The number of nitrogens with one attached hydrogen (secondary N) is 3. The molecule has 100 valence electrons. The van der Waals surface area contributed by atoms with Gasteiger partial charge in [0.05, 0.1) is 6.17 Å². The molecule has 2 amide bonds. The Morgan fingerprint density at radius 3 is 2.83 bits per heavy atom. The summed E-state index contributed by atoms with van der Waals surface area (Å²) in [5.41, 5.74) is 0.619. The van der Waals surface area contributed by atoms with Crippen LogP contribution in [0.25, 0.3) is 0 Å². The van der Waals surface area contributed by atoms with Gasteiger partial charge in [0.15, 0.2) is 0 Å². The minimum absolute atomic E-state index is 0.0369. The van der Waals surface area contributed by atoms with Gasteiger partial charge in [-0.25, -0.2) is 0 Å². The number of nitrogens with zero attached hydrogens (tertiary/aromatic N) is 1. The van der Waals surface area contributed by atoms with Gasteiger partial charge >= 0.3 is 0 Å². The van der Waals surface area contributed by atoms with E-state index < -0.39 is 0 Å². The van der Waals surface area contributed by atoms with Crippen molar-refractivity contribution in [2.45, 2.75) is 13.1 Å². The average molecular weight is 252 g/mol. The number of amides is 2. The normalized spacial score (nSPS) is 17.7. The van der Waals surface area contributed by atoms with Crippen molar-refractivity contribution < 1.29 is 9.59 Å². The minimum Gasteiger partial charge on any atom is -0.372 e. The van der Waals surface area contributed by atoms with E-state index in [1.54, 1.807) is 31.3 Å². The molecule has 0 spiro atoms. The first-order chi connectivity index (χ1) is 8.54. The third-order valence-electron chi connectivity index (χ3n) is 2.72. The molecule has 0 bridgehead atoms. The van der Waals surface area contributed by atoms with Gasteiger partial charge in [-0.05, 0) is 18.4 Å². The summed E-state index contributed by atoms with van der Waals surface area (Å²) < 4.78 is 0. The van der Waals surface area contributed by atoms with Crippen LogP contribution < -0.4 is 16.0 Å². The van der Waals surface area contributed by atoms with E-state index in [2.05, 4.69) is 16.0 Å². The van der Waals surface area contributed by atoms with E-state index in [0.29, 0.717) is 18.7 Å². The second-order valence-corrected chi connectivity index (χ2v) is 4.07. The molecule has 1 aliphatic rings. The van der Waals surface area contributed by atoms with Crippen molar-refractivity contribution in [1.29, 1.82) is 0 Å². The summed E-state index contributed by atoms with van der Waals surface area (Å²) in [5, 5.41) is 8.86. The van der Waals surface area contributed by atoms with Gasteiger partial charge in [0.25, 0.3) is 5.91 Å². The number of hydrogen-bond acceptors (Lipinski definition) is 4. The summed E-state index contributed by atoms with van der Waals surface area (Å²) >= 11 is 0. The Morgan fingerprint density at radius 1 is 1.50 bits per heavy atom. The molecule has 1 atom stereocenters. The SMILES string of the molecule is CNC(=O)C1=CC(NCCN(C)C(C)=O)NC=C1. The van der Waals surface area contributed by atoms with Crippen LogP contribution in [0.5, 0.6) is 0 Å². The predicted molar refractivity (Wildman–Crippen MR) is 69.5 cm³/mol. The Labute approximate surface area is 107 Å². The van der Waals surface area contributed by atoms with Gasteiger partial charge in [-0.2, -0.15) is 0 Å². The molecule has 3 N–H and O–H groups in total. The van der Waals surface area contributed by atoms with E-state index in [1.165, 1.54) is 6.92 Å². The number of hydrogen-bond donors (Lipinski definition) is 3. The summed E-state index contributed by atoms with van der Waals surface area (Å²) in [5.74, 6) is -0.0738. The summed E-state index contributed by atoms with van der Waals surface area (Å²) in [6, 6.07) is 0. The van der Waals surface area contributed by atoms with Gasteiger partial charge < -0.3 is 15.5 Å². The zero-order valence-electron chi connectivity index (χ0n) is 11.0. The molecule has 1 unspecified atom stereocenters. The van der Waals surface area contributed by atoms with Crippen LogP contribution in [0.4, 0.5) is 0 Å². The molecule has 0 fully saturated rings. The molecule has 1 rings (SSSR count). The van der Waals surface area contributed by atoms with E-state index in [9.17, 15) is 9.59 Å². The molecule has 6 nitrogen and oxygen atoms in total. The van der Waals surface area contributed by atoms with Crippen molar-refractivity contribution >= 4 is 11.8 Å². The lowest BCUT2D eigenvalue weighted by atomic mass is 10.1. The molecule has 1 aliphatic heterocycles. The zero-order chi connectivity index (χ0) is 13.5. The van der Waals surface area contributed by atoms with Crippen LogP contribution in [0.3, 0.4) is 0 Å². The van der Waals surface area contributed by atoms with Crippen molar-refractivity contribution in [3.63, 3.8) is 0 Å². The molecular weight excluding hydrogens is 232 g/mol. The van der Waals surface area contributed by atoms with Crippen LogP contribution in [0, 0.1) is 0 Å². The summed E-state index contributed by atoms with van der Waals surface area (Å²) in [6.07, 6.45) is 5.17. The second kappa shape index (κ2) is 6.80. The molecule has 6 heteroatoms. The molecule has 0 saturated carbocycles. The second-order valence-electron chi connectivity index (χ2n) is 4.07. The van der Waals surface area contributed by atoms with Gasteiger partial charge in [0, 0.05) is 39.7 Å². The van der Waals surface area contributed by atoms with E-state index in [-0.39, 0.29) is 18.0 Å². The maximum Gasteiger partial charge on any atom is 0.250 e. The van der Waals surface area contributed by atoms with E-state index in [4.69, 9.17) is 0 Å². The number of dihydropyridines is 1. The topological polar surface area (TPSA) is 73.5 Å². The molecule has 1 heterocycles. The molecule has 0 aromatic rings. The number of carbonyl (C=O) groups excluding carboxylic acids is 2. The molecule has 0 aromatic heterocycles. The van der Waals surface area contributed by atoms with Crippen molar-refractivity contribution in [2.75, 3.05) is 27.2 Å². The quantitative estimate of drug-likeness (QED) is 0.597. The third-order valence-corrected chi connectivity index (χ3v) is 2.72. The summed E-state index contributed by atoms with van der Waals surface area (Å²) in [7, 11) is 3.35. The lowest BCUT2D eigenvalue weighted by molar-refractivity contribution is -0.127. The first-order valence-electron chi connectivity index (χ1n) is 5.86. The lowest BCUT2D eigenvalue weighted by Crippen LogP contribution is -2.44. The van der Waals surface area contributed by atoms with Crippen LogP contribution in [0.1, 0.15) is 6.92 Å². The van der Waals surface area contributed by atoms with Gasteiger partial charge in [0.2, 0.25) is 5.91 Å². The van der Waals surface area contributed by atoms with Crippen molar-refractivity contribution in [3.8, 4) is 0 Å². The Morgan fingerprint density at radius 2 is 2.22 bits per heavy atom.